The van der Waals surface area contributed by atoms with E-state index in [-0.39, 0.29) is 5.63 Å². The SMILES string of the molecule is CC(=Nc1ccc2ccccc2c1)c1cc2ccccc2oc1=O. The van der Waals surface area contributed by atoms with Gasteiger partial charge in [-0.2, -0.15) is 0 Å². The summed E-state index contributed by atoms with van der Waals surface area (Å²) < 4.78 is 5.39. The highest BCUT2D eigenvalue weighted by atomic mass is 16.4. The Kier molecular flexibility index (Phi) is 3.47. The first-order chi connectivity index (χ1) is 11.7. The highest BCUT2D eigenvalue weighted by molar-refractivity contribution is 6.02. The summed E-state index contributed by atoms with van der Waals surface area (Å²) in [5, 5.41) is 3.18. The van der Waals surface area contributed by atoms with Gasteiger partial charge < -0.3 is 4.42 Å². The Morgan fingerprint density at radius 3 is 2.38 bits per heavy atom. The minimum Gasteiger partial charge on any atom is -0.422 e. The van der Waals surface area contributed by atoms with E-state index in [0.29, 0.717) is 16.9 Å². The van der Waals surface area contributed by atoms with Gasteiger partial charge in [0, 0.05) is 5.39 Å². The number of rotatable bonds is 2. The summed E-state index contributed by atoms with van der Waals surface area (Å²) in [5.41, 5.74) is 2.17. The molecule has 1 heterocycles. The summed E-state index contributed by atoms with van der Waals surface area (Å²) >= 11 is 0. The van der Waals surface area contributed by atoms with Gasteiger partial charge in [0.15, 0.2) is 0 Å². The second-order valence-electron chi connectivity index (χ2n) is 5.71. The van der Waals surface area contributed by atoms with Crippen LogP contribution in [-0.4, -0.2) is 5.71 Å². The molecular formula is C21H15NO2. The van der Waals surface area contributed by atoms with Crippen molar-refractivity contribution < 1.29 is 4.42 Å². The van der Waals surface area contributed by atoms with Gasteiger partial charge in [0.05, 0.1) is 17.0 Å². The minimum absolute atomic E-state index is 0.365. The zero-order valence-corrected chi connectivity index (χ0v) is 13.2. The molecule has 0 fully saturated rings. The Hall–Kier alpha value is -3.20. The molecule has 116 valence electrons. The van der Waals surface area contributed by atoms with E-state index in [4.69, 9.17) is 4.42 Å². The molecule has 0 N–H and O–H groups in total. The molecule has 0 atom stereocenters. The number of para-hydroxylation sites is 1. The van der Waals surface area contributed by atoms with E-state index in [1.165, 1.54) is 5.39 Å². The van der Waals surface area contributed by atoms with Crippen LogP contribution in [0.4, 0.5) is 5.69 Å². The average molecular weight is 313 g/mol. The highest BCUT2D eigenvalue weighted by Crippen LogP contribution is 2.22. The first-order valence-corrected chi connectivity index (χ1v) is 7.78. The summed E-state index contributed by atoms with van der Waals surface area (Å²) in [4.78, 5) is 16.8. The number of aliphatic imine (C=N–C) groups is 1. The van der Waals surface area contributed by atoms with Crippen LogP contribution in [0.1, 0.15) is 12.5 Å². The molecule has 0 amide bonds. The molecule has 0 aliphatic rings. The lowest BCUT2D eigenvalue weighted by Crippen LogP contribution is -2.11. The van der Waals surface area contributed by atoms with Crippen molar-refractivity contribution in [2.24, 2.45) is 4.99 Å². The van der Waals surface area contributed by atoms with E-state index in [0.717, 1.165) is 16.5 Å². The van der Waals surface area contributed by atoms with Crippen molar-refractivity contribution in [1.82, 2.24) is 0 Å². The molecule has 0 radical (unpaired) electrons. The average Bonchev–Trinajstić information content (AvgIpc) is 2.61. The summed E-state index contributed by atoms with van der Waals surface area (Å²) in [6.45, 7) is 1.83. The predicted octanol–water partition coefficient (Wildman–Crippen LogP) is 5.09. The van der Waals surface area contributed by atoms with Gasteiger partial charge in [-0.3, -0.25) is 4.99 Å². The van der Waals surface area contributed by atoms with Crippen LogP contribution in [0.15, 0.2) is 87.0 Å². The first kappa shape index (κ1) is 14.4. The monoisotopic (exact) mass is 313 g/mol. The molecule has 3 nitrogen and oxygen atoms in total. The van der Waals surface area contributed by atoms with E-state index < -0.39 is 0 Å². The van der Waals surface area contributed by atoms with Crippen LogP contribution in [0, 0.1) is 0 Å². The van der Waals surface area contributed by atoms with Crippen molar-refractivity contribution in [3.05, 3.63) is 88.8 Å². The molecule has 0 saturated carbocycles. The molecule has 3 heteroatoms. The van der Waals surface area contributed by atoms with Crippen molar-refractivity contribution >= 4 is 33.1 Å². The number of fused-ring (bicyclic) bond motifs is 2. The third-order valence-corrected chi connectivity index (χ3v) is 4.06. The number of benzene rings is 3. The largest absolute Gasteiger partial charge is 0.422 e. The van der Waals surface area contributed by atoms with Crippen LogP contribution in [0.25, 0.3) is 21.7 Å². The van der Waals surface area contributed by atoms with Crippen molar-refractivity contribution in [1.29, 1.82) is 0 Å². The van der Waals surface area contributed by atoms with E-state index in [1.807, 2.05) is 67.6 Å². The van der Waals surface area contributed by atoms with Crippen molar-refractivity contribution in [3.8, 4) is 0 Å². The van der Waals surface area contributed by atoms with Crippen molar-refractivity contribution in [2.45, 2.75) is 6.92 Å². The lowest BCUT2D eigenvalue weighted by molar-refractivity contribution is 0.559. The Morgan fingerprint density at radius 2 is 1.54 bits per heavy atom. The molecule has 0 spiro atoms. The number of hydrogen-bond acceptors (Lipinski definition) is 3. The van der Waals surface area contributed by atoms with Crippen molar-refractivity contribution in [2.75, 3.05) is 0 Å². The fraction of sp³-hybridized carbons (Fsp3) is 0.0476. The van der Waals surface area contributed by atoms with Gasteiger partial charge in [-0.15, -0.1) is 0 Å². The lowest BCUT2D eigenvalue weighted by Gasteiger charge is -2.03. The predicted molar refractivity (Wildman–Crippen MR) is 98.3 cm³/mol. The number of hydrogen-bond donors (Lipinski definition) is 0. The Bertz CT molecular complexity index is 1140. The standard InChI is InChI=1S/C21H15NO2/c1-14(19-13-17-8-4-5-9-20(17)24-21(19)23)22-18-11-10-15-6-2-3-7-16(15)12-18/h2-13H,1H3. The Labute approximate surface area is 138 Å². The van der Waals surface area contributed by atoms with Gasteiger partial charge in [-0.1, -0.05) is 48.5 Å². The smallest absolute Gasteiger partial charge is 0.345 e. The van der Waals surface area contributed by atoms with E-state index >= 15 is 0 Å². The van der Waals surface area contributed by atoms with E-state index in [2.05, 4.69) is 11.1 Å². The van der Waals surface area contributed by atoms with E-state index in [1.54, 1.807) is 6.07 Å². The fourth-order valence-corrected chi connectivity index (χ4v) is 2.81. The molecule has 0 aliphatic carbocycles. The molecule has 4 rings (SSSR count). The topological polar surface area (TPSA) is 42.6 Å². The Balaban J connectivity index is 1.81. The second-order valence-corrected chi connectivity index (χ2v) is 5.71. The van der Waals surface area contributed by atoms with Crippen molar-refractivity contribution in [3.63, 3.8) is 0 Å². The van der Waals surface area contributed by atoms with Gasteiger partial charge in [-0.05, 0) is 42.0 Å². The maximum Gasteiger partial charge on any atom is 0.345 e. The maximum absolute atomic E-state index is 12.2. The zero-order chi connectivity index (χ0) is 16.5. The molecule has 1 aromatic heterocycles. The molecule has 0 saturated heterocycles. The summed E-state index contributed by atoms with van der Waals surface area (Å²) in [6.07, 6.45) is 0. The van der Waals surface area contributed by atoms with Crippen LogP contribution in [0.5, 0.6) is 0 Å². The molecule has 0 unspecified atom stereocenters. The minimum atomic E-state index is -0.365. The Morgan fingerprint density at radius 1 is 0.833 bits per heavy atom. The summed E-state index contributed by atoms with van der Waals surface area (Å²) in [6, 6.07) is 23.4. The summed E-state index contributed by atoms with van der Waals surface area (Å²) in [5.74, 6) is 0. The lowest BCUT2D eigenvalue weighted by atomic mass is 10.1. The van der Waals surface area contributed by atoms with Crippen LogP contribution < -0.4 is 5.63 Å². The molecule has 0 aliphatic heterocycles. The van der Waals surface area contributed by atoms with Gasteiger partial charge in [0.25, 0.3) is 0 Å². The summed E-state index contributed by atoms with van der Waals surface area (Å²) in [7, 11) is 0. The van der Waals surface area contributed by atoms with Gasteiger partial charge in [0.2, 0.25) is 0 Å². The van der Waals surface area contributed by atoms with Crippen LogP contribution in [0.3, 0.4) is 0 Å². The van der Waals surface area contributed by atoms with Crippen LogP contribution in [-0.2, 0) is 0 Å². The first-order valence-electron chi connectivity index (χ1n) is 7.78. The molecule has 24 heavy (non-hydrogen) atoms. The van der Waals surface area contributed by atoms with Crippen LogP contribution in [0.2, 0.25) is 0 Å². The molecule has 4 aromatic rings. The van der Waals surface area contributed by atoms with Gasteiger partial charge in [-0.25, -0.2) is 4.79 Å². The fourth-order valence-electron chi connectivity index (χ4n) is 2.81. The van der Waals surface area contributed by atoms with Gasteiger partial charge in [0.1, 0.15) is 5.58 Å². The van der Waals surface area contributed by atoms with E-state index in [9.17, 15) is 4.79 Å². The van der Waals surface area contributed by atoms with Crippen LogP contribution >= 0.6 is 0 Å². The number of nitrogens with zero attached hydrogens (tertiary/aromatic N) is 1. The highest BCUT2D eigenvalue weighted by Gasteiger charge is 2.08. The molecule has 0 bridgehead atoms. The second kappa shape index (κ2) is 5.78. The molecule has 3 aromatic carbocycles. The normalized spacial score (nSPS) is 12.0. The van der Waals surface area contributed by atoms with Gasteiger partial charge >= 0.3 is 5.63 Å². The quantitative estimate of drug-likeness (QED) is 0.382. The molecular weight excluding hydrogens is 298 g/mol. The third kappa shape index (κ3) is 2.61. The maximum atomic E-state index is 12.2. The third-order valence-electron chi connectivity index (χ3n) is 4.06. The zero-order valence-electron chi connectivity index (χ0n) is 13.2.